The summed E-state index contributed by atoms with van der Waals surface area (Å²) in [4.78, 5) is 10.5. The number of ether oxygens (including phenoxy) is 1. The summed E-state index contributed by atoms with van der Waals surface area (Å²) < 4.78 is 5.01. The van der Waals surface area contributed by atoms with Crippen LogP contribution in [-0.2, 0) is 4.79 Å². The maximum Gasteiger partial charge on any atom is 0.320 e. The Labute approximate surface area is 105 Å². The van der Waals surface area contributed by atoms with E-state index >= 15 is 0 Å². The Hall–Kier alpha value is -1.46. The summed E-state index contributed by atoms with van der Waals surface area (Å²) in [6.45, 7) is 0.444. The molecule has 0 aliphatic heterocycles. The number of hydrogen-bond acceptors (Lipinski definition) is 4. The second-order valence-corrected chi connectivity index (χ2v) is 3.91. The van der Waals surface area contributed by atoms with Crippen LogP contribution >= 0.6 is 11.6 Å². The summed E-state index contributed by atoms with van der Waals surface area (Å²) in [6.07, 6.45) is 0.331. The van der Waals surface area contributed by atoms with Gasteiger partial charge in [-0.05, 0) is 18.6 Å². The molecule has 1 aromatic rings. The molecular weight excluding hydrogens is 244 g/mol. The SMILES string of the molecule is COc1ccc(NCCC(N)C(=O)O)c(Cl)c1. The average molecular weight is 259 g/mol. The van der Waals surface area contributed by atoms with Gasteiger partial charge in [-0.15, -0.1) is 0 Å². The second kappa shape index (κ2) is 6.32. The van der Waals surface area contributed by atoms with Gasteiger partial charge in [-0.3, -0.25) is 4.79 Å². The molecule has 1 atom stereocenters. The lowest BCUT2D eigenvalue weighted by Gasteiger charge is -2.11. The molecule has 1 rings (SSSR count). The molecule has 0 aliphatic carbocycles. The van der Waals surface area contributed by atoms with Crippen LogP contribution in [0.3, 0.4) is 0 Å². The molecule has 0 bridgehead atoms. The first-order valence-corrected chi connectivity index (χ1v) is 5.48. The van der Waals surface area contributed by atoms with Gasteiger partial charge in [-0.2, -0.15) is 0 Å². The molecule has 0 saturated carbocycles. The number of carboxylic acids is 1. The van der Waals surface area contributed by atoms with E-state index in [0.717, 1.165) is 5.69 Å². The van der Waals surface area contributed by atoms with Crippen molar-refractivity contribution in [2.45, 2.75) is 12.5 Å². The third kappa shape index (κ3) is 4.13. The summed E-state index contributed by atoms with van der Waals surface area (Å²) >= 11 is 6.00. The van der Waals surface area contributed by atoms with Crippen molar-refractivity contribution in [3.05, 3.63) is 23.2 Å². The molecule has 1 aromatic carbocycles. The van der Waals surface area contributed by atoms with Crippen LogP contribution in [0.15, 0.2) is 18.2 Å². The summed E-state index contributed by atoms with van der Waals surface area (Å²) in [5, 5.41) is 12.1. The number of hydrogen-bond donors (Lipinski definition) is 3. The molecule has 17 heavy (non-hydrogen) atoms. The molecule has 0 heterocycles. The molecule has 1 unspecified atom stereocenters. The number of nitrogens with two attached hydrogens (primary N) is 1. The lowest BCUT2D eigenvalue weighted by molar-refractivity contribution is -0.138. The maximum atomic E-state index is 10.5. The van der Waals surface area contributed by atoms with Gasteiger partial charge in [0.05, 0.1) is 17.8 Å². The number of rotatable bonds is 6. The molecule has 0 saturated heterocycles. The minimum atomic E-state index is -1.01. The Morgan fingerprint density at radius 2 is 2.35 bits per heavy atom. The number of nitrogens with one attached hydrogen (secondary N) is 1. The number of benzene rings is 1. The van der Waals surface area contributed by atoms with Crippen molar-refractivity contribution in [1.82, 2.24) is 0 Å². The standard InChI is InChI=1S/C11H15ClN2O3/c1-17-7-2-3-10(8(12)6-7)14-5-4-9(13)11(15)16/h2-3,6,9,14H,4-5,13H2,1H3,(H,15,16). The van der Waals surface area contributed by atoms with E-state index in [9.17, 15) is 4.79 Å². The number of methoxy groups -OCH3 is 1. The molecule has 0 aliphatic rings. The van der Waals surface area contributed by atoms with Gasteiger partial charge in [0.15, 0.2) is 0 Å². The highest BCUT2D eigenvalue weighted by molar-refractivity contribution is 6.33. The minimum absolute atomic E-state index is 0.331. The molecule has 0 amide bonds. The Kier molecular flexibility index (Phi) is 5.06. The number of aliphatic carboxylic acids is 1. The quantitative estimate of drug-likeness (QED) is 0.721. The van der Waals surface area contributed by atoms with Gasteiger partial charge >= 0.3 is 5.97 Å². The molecular formula is C11H15ClN2O3. The van der Waals surface area contributed by atoms with Crippen LogP contribution in [0.1, 0.15) is 6.42 Å². The zero-order valence-electron chi connectivity index (χ0n) is 9.44. The van der Waals surface area contributed by atoms with Crippen molar-refractivity contribution in [3.8, 4) is 5.75 Å². The summed E-state index contributed by atoms with van der Waals surface area (Å²) in [7, 11) is 1.56. The van der Waals surface area contributed by atoms with E-state index in [2.05, 4.69) is 5.32 Å². The molecule has 94 valence electrons. The van der Waals surface area contributed by atoms with Crippen LogP contribution in [0.2, 0.25) is 5.02 Å². The van der Waals surface area contributed by atoms with E-state index in [4.69, 9.17) is 27.2 Å². The first-order valence-electron chi connectivity index (χ1n) is 5.10. The van der Waals surface area contributed by atoms with E-state index in [-0.39, 0.29) is 0 Å². The van der Waals surface area contributed by atoms with Gasteiger partial charge in [0.1, 0.15) is 11.8 Å². The van der Waals surface area contributed by atoms with E-state index in [0.29, 0.717) is 23.7 Å². The zero-order chi connectivity index (χ0) is 12.8. The number of carbonyl (C=O) groups is 1. The molecule has 0 fully saturated rings. The van der Waals surface area contributed by atoms with E-state index in [1.165, 1.54) is 0 Å². The van der Waals surface area contributed by atoms with Crippen LogP contribution in [0, 0.1) is 0 Å². The fraction of sp³-hybridized carbons (Fsp3) is 0.364. The summed E-state index contributed by atoms with van der Waals surface area (Å²) in [5.74, 6) is -0.338. The lowest BCUT2D eigenvalue weighted by Crippen LogP contribution is -2.32. The highest BCUT2D eigenvalue weighted by Crippen LogP contribution is 2.26. The average Bonchev–Trinajstić information content (AvgIpc) is 2.30. The third-order valence-electron chi connectivity index (χ3n) is 2.26. The van der Waals surface area contributed by atoms with Crippen molar-refractivity contribution in [2.24, 2.45) is 5.73 Å². The molecule has 4 N–H and O–H groups in total. The summed E-state index contributed by atoms with van der Waals surface area (Å²) in [6, 6.07) is 4.36. The van der Waals surface area contributed by atoms with E-state index in [1.807, 2.05) is 0 Å². The first-order chi connectivity index (χ1) is 8.04. The molecule has 0 spiro atoms. The van der Waals surface area contributed by atoms with Crippen LogP contribution < -0.4 is 15.8 Å². The van der Waals surface area contributed by atoms with Crippen molar-refractivity contribution in [3.63, 3.8) is 0 Å². The van der Waals surface area contributed by atoms with Crippen LogP contribution in [0.25, 0.3) is 0 Å². The van der Waals surface area contributed by atoms with Crippen molar-refractivity contribution in [2.75, 3.05) is 19.0 Å². The number of carboxylic acid groups (broad SMARTS) is 1. The Balaban J connectivity index is 2.49. The van der Waals surface area contributed by atoms with Gasteiger partial charge in [0.2, 0.25) is 0 Å². The highest BCUT2D eigenvalue weighted by Gasteiger charge is 2.10. The topological polar surface area (TPSA) is 84.6 Å². The van der Waals surface area contributed by atoms with Crippen LogP contribution in [0.5, 0.6) is 5.75 Å². The number of anilines is 1. The van der Waals surface area contributed by atoms with Gasteiger partial charge in [0.25, 0.3) is 0 Å². The molecule has 0 aromatic heterocycles. The Morgan fingerprint density at radius 1 is 1.65 bits per heavy atom. The van der Waals surface area contributed by atoms with E-state index in [1.54, 1.807) is 25.3 Å². The third-order valence-corrected chi connectivity index (χ3v) is 2.58. The minimum Gasteiger partial charge on any atom is -0.497 e. The Morgan fingerprint density at radius 3 is 2.88 bits per heavy atom. The van der Waals surface area contributed by atoms with Gasteiger partial charge in [-0.25, -0.2) is 0 Å². The Bertz CT molecular complexity index is 398. The molecule has 5 nitrogen and oxygen atoms in total. The highest BCUT2D eigenvalue weighted by atomic mass is 35.5. The van der Waals surface area contributed by atoms with Crippen LogP contribution in [0.4, 0.5) is 5.69 Å². The van der Waals surface area contributed by atoms with Crippen molar-refractivity contribution < 1.29 is 14.6 Å². The fourth-order valence-corrected chi connectivity index (χ4v) is 1.49. The predicted octanol–water partition coefficient (Wildman–Crippen LogP) is 1.56. The summed E-state index contributed by atoms with van der Waals surface area (Å²) in [5.41, 5.74) is 6.10. The molecule has 0 radical (unpaired) electrons. The zero-order valence-corrected chi connectivity index (χ0v) is 10.2. The van der Waals surface area contributed by atoms with Crippen molar-refractivity contribution >= 4 is 23.3 Å². The largest absolute Gasteiger partial charge is 0.497 e. The monoisotopic (exact) mass is 258 g/mol. The van der Waals surface area contributed by atoms with Crippen molar-refractivity contribution in [1.29, 1.82) is 0 Å². The smallest absolute Gasteiger partial charge is 0.320 e. The predicted molar refractivity (Wildman–Crippen MR) is 66.7 cm³/mol. The van der Waals surface area contributed by atoms with Gasteiger partial charge < -0.3 is 20.9 Å². The maximum absolute atomic E-state index is 10.5. The first kappa shape index (κ1) is 13.6. The van der Waals surface area contributed by atoms with Crippen LogP contribution in [-0.4, -0.2) is 30.8 Å². The normalized spacial score (nSPS) is 11.9. The van der Waals surface area contributed by atoms with Gasteiger partial charge in [-0.1, -0.05) is 11.6 Å². The van der Waals surface area contributed by atoms with Gasteiger partial charge in [0, 0.05) is 12.6 Å². The lowest BCUT2D eigenvalue weighted by atomic mass is 10.2. The fourth-order valence-electron chi connectivity index (χ4n) is 1.25. The second-order valence-electron chi connectivity index (χ2n) is 3.51. The van der Waals surface area contributed by atoms with E-state index < -0.39 is 12.0 Å². The molecule has 6 heteroatoms. The number of halogens is 1.